The summed E-state index contributed by atoms with van der Waals surface area (Å²) in [6.45, 7) is 0. The fourth-order valence-electron chi connectivity index (χ4n) is 1.75. The van der Waals surface area contributed by atoms with E-state index >= 15 is 0 Å². The second kappa shape index (κ2) is 3.48. The zero-order chi connectivity index (χ0) is 10.1. The third-order valence-electron chi connectivity index (χ3n) is 2.37. The van der Waals surface area contributed by atoms with E-state index in [1.807, 2.05) is 0 Å². The fraction of sp³-hybridized carbons (Fsp3) is 0.273. The Hall–Kier alpha value is -1.25. The molecule has 0 radical (unpaired) electrons. The van der Waals surface area contributed by atoms with Crippen LogP contribution in [0.15, 0.2) is 18.2 Å². The van der Waals surface area contributed by atoms with E-state index in [4.69, 9.17) is 0 Å². The summed E-state index contributed by atoms with van der Waals surface area (Å²) >= 11 is 0. The monoisotopic (exact) mass is 198 g/mol. The van der Waals surface area contributed by atoms with E-state index in [0.717, 1.165) is 25.0 Å². The summed E-state index contributed by atoms with van der Waals surface area (Å²) in [5, 5.41) is 0. The van der Waals surface area contributed by atoms with Crippen LogP contribution in [0.2, 0.25) is 0 Å². The Morgan fingerprint density at radius 3 is 2.14 bits per heavy atom. The number of benzene rings is 1. The van der Waals surface area contributed by atoms with Crippen molar-refractivity contribution in [2.45, 2.75) is 19.3 Å². The van der Waals surface area contributed by atoms with Crippen LogP contribution in [0.25, 0.3) is 5.57 Å². The SMILES string of the molecule is Fc1cc(F)c(C2=CCCC2)c(F)c1. The van der Waals surface area contributed by atoms with Crippen molar-refractivity contribution in [1.29, 1.82) is 0 Å². The molecule has 0 nitrogen and oxygen atoms in total. The lowest BCUT2D eigenvalue weighted by Gasteiger charge is -2.05. The molecule has 2 rings (SSSR count). The number of hydrogen-bond donors (Lipinski definition) is 0. The van der Waals surface area contributed by atoms with Gasteiger partial charge < -0.3 is 0 Å². The second-order valence-corrected chi connectivity index (χ2v) is 3.37. The first-order valence-electron chi connectivity index (χ1n) is 4.52. The molecule has 1 aromatic carbocycles. The van der Waals surface area contributed by atoms with Crippen molar-refractivity contribution in [3.05, 3.63) is 41.2 Å². The van der Waals surface area contributed by atoms with Gasteiger partial charge in [0.05, 0.1) is 0 Å². The van der Waals surface area contributed by atoms with Crippen LogP contribution in [-0.2, 0) is 0 Å². The largest absolute Gasteiger partial charge is 0.207 e. The van der Waals surface area contributed by atoms with E-state index in [1.54, 1.807) is 6.08 Å². The third kappa shape index (κ3) is 1.54. The average molecular weight is 198 g/mol. The first kappa shape index (κ1) is 9.31. The van der Waals surface area contributed by atoms with Crippen molar-refractivity contribution in [1.82, 2.24) is 0 Å². The molecule has 1 aromatic rings. The first-order chi connectivity index (χ1) is 6.68. The Balaban J connectivity index is 2.52. The molecule has 74 valence electrons. The number of allylic oxidation sites excluding steroid dienone is 2. The summed E-state index contributed by atoms with van der Waals surface area (Å²) < 4.78 is 39.1. The summed E-state index contributed by atoms with van der Waals surface area (Å²) in [6.07, 6.45) is 4.22. The van der Waals surface area contributed by atoms with E-state index in [9.17, 15) is 13.2 Å². The molecular formula is C11H9F3. The standard InChI is InChI=1S/C11H9F3/c12-8-5-9(13)11(10(14)6-8)7-3-1-2-4-7/h3,5-6H,1-2,4H2. The second-order valence-electron chi connectivity index (χ2n) is 3.37. The molecule has 0 heterocycles. The maximum absolute atomic E-state index is 13.2. The molecule has 1 aliphatic carbocycles. The molecule has 0 bridgehead atoms. The lowest BCUT2D eigenvalue weighted by atomic mass is 10.0. The molecule has 0 N–H and O–H groups in total. The molecular weight excluding hydrogens is 189 g/mol. The van der Waals surface area contributed by atoms with Crippen LogP contribution in [0.1, 0.15) is 24.8 Å². The zero-order valence-corrected chi connectivity index (χ0v) is 7.49. The van der Waals surface area contributed by atoms with Crippen LogP contribution in [0.4, 0.5) is 13.2 Å². The van der Waals surface area contributed by atoms with E-state index < -0.39 is 17.5 Å². The highest BCUT2D eigenvalue weighted by atomic mass is 19.1. The van der Waals surface area contributed by atoms with Crippen molar-refractivity contribution < 1.29 is 13.2 Å². The van der Waals surface area contributed by atoms with E-state index in [0.29, 0.717) is 12.0 Å². The summed E-state index contributed by atoms with van der Waals surface area (Å²) in [5.74, 6) is -2.49. The minimum atomic E-state index is -0.873. The molecule has 0 aromatic heterocycles. The number of halogens is 3. The van der Waals surface area contributed by atoms with Gasteiger partial charge in [0.1, 0.15) is 17.5 Å². The van der Waals surface area contributed by atoms with Crippen molar-refractivity contribution in [3.8, 4) is 0 Å². The predicted molar refractivity (Wildman–Crippen MR) is 48.1 cm³/mol. The van der Waals surface area contributed by atoms with Gasteiger partial charge in [-0.05, 0) is 24.8 Å². The zero-order valence-electron chi connectivity index (χ0n) is 7.49. The summed E-state index contributed by atoms with van der Waals surface area (Å²) in [4.78, 5) is 0. The molecule has 0 saturated carbocycles. The average Bonchev–Trinajstić information content (AvgIpc) is 2.54. The van der Waals surface area contributed by atoms with Crippen molar-refractivity contribution in [3.63, 3.8) is 0 Å². The van der Waals surface area contributed by atoms with Gasteiger partial charge in [-0.15, -0.1) is 0 Å². The van der Waals surface area contributed by atoms with Crippen LogP contribution in [0, 0.1) is 17.5 Å². The van der Waals surface area contributed by atoms with Crippen LogP contribution in [-0.4, -0.2) is 0 Å². The maximum atomic E-state index is 13.2. The molecule has 0 amide bonds. The summed E-state index contributed by atoms with van der Waals surface area (Å²) in [5.41, 5.74) is 0.587. The van der Waals surface area contributed by atoms with Crippen molar-refractivity contribution in [2.75, 3.05) is 0 Å². The van der Waals surface area contributed by atoms with Gasteiger partial charge in [0, 0.05) is 17.7 Å². The van der Waals surface area contributed by atoms with Gasteiger partial charge in [-0.1, -0.05) is 6.08 Å². The van der Waals surface area contributed by atoms with Gasteiger partial charge in [0.2, 0.25) is 0 Å². The molecule has 0 fully saturated rings. The summed E-state index contributed by atoms with van der Waals surface area (Å²) in [7, 11) is 0. The van der Waals surface area contributed by atoms with Gasteiger partial charge in [0.15, 0.2) is 0 Å². The van der Waals surface area contributed by atoms with E-state index in [2.05, 4.69) is 0 Å². The molecule has 0 saturated heterocycles. The number of rotatable bonds is 1. The third-order valence-corrected chi connectivity index (χ3v) is 2.37. The van der Waals surface area contributed by atoms with Crippen LogP contribution >= 0.6 is 0 Å². The van der Waals surface area contributed by atoms with Crippen molar-refractivity contribution >= 4 is 5.57 Å². The molecule has 0 unspecified atom stereocenters. The minimum Gasteiger partial charge on any atom is -0.207 e. The highest BCUT2D eigenvalue weighted by molar-refractivity contribution is 5.68. The molecule has 1 aliphatic rings. The lowest BCUT2D eigenvalue weighted by Crippen LogP contribution is -1.95. The van der Waals surface area contributed by atoms with Gasteiger partial charge in [-0.2, -0.15) is 0 Å². The maximum Gasteiger partial charge on any atom is 0.136 e. The van der Waals surface area contributed by atoms with E-state index in [1.165, 1.54) is 0 Å². The molecule has 0 atom stereocenters. The van der Waals surface area contributed by atoms with Gasteiger partial charge in [0.25, 0.3) is 0 Å². The molecule has 0 spiro atoms. The van der Waals surface area contributed by atoms with E-state index in [-0.39, 0.29) is 5.56 Å². The molecule has 0 aliphatic heterocycles. The topological polar surface area (TPSA) is 0 Å². The van der Waals surface area contributed by atoms with Gasteiger partial charge >= 0.3 is 0 Å². The molecule has 14 heavy (non-hydrogen) atoms. The highest BCUT2D eigenvalue weighted by Gasteiger charge is 2.17. The van der Waals surface area contributed by atoms with Gasteiger partial charge in [-0.3, -0.25) is 0 Å². The minimum absolute atomic E-state index is 0.0658. The fourth-order valence-corrected chi connectivity index (χ4v) is 1.75. The Kier molecular flexibility index (Phi) is 2.32. The first-order valence-corrected chi connectivity index (χ1v) is 4.52. The van der Waals surface area contributed by atoms with Crippen LogP contribution in [0.5, 0.6) is 0 Å². The smallest absolute Gasteiger partial charge is 0.136 e. The molecule has 3 heteroatoms. The summed E-state index contributed by atoms with van der Waals surface area (Å²) in [6, 6.07) is 1.44. The Bertz CT molecular complexity index is 371. The van der Waals surface area contributed by atoms with Crippen LogP contribution in [0.3, 0.4) is 0 Å². The van der Waals surface area contributed by atoms with Crippen LogP contribution < -0.4 is 0 Å². The Labute approximate surface area is 80.1 Å². The van der Waals surface area contributed by atoms with Gasteiger partial charge in [-0.25, -0.2) is 13.2 Å². The predicted octanol–water partition coefficient (Wildman–Crippen LogP) is 3.67. The Morgan fingerprint density at radius 2 is 1.64 bits per heavy atom. The normalized spacial score (nSPS) is 15.8. The van der Waals surface area contributed by atoms with Crippen molar-refractivity contribution in [2.24, 2.45) is 0 Å². The quantitative estimate of drug-likeness (QED) is 0.645. The number of hydrogen-bond acceptors (Lipinski definition) is 0. The lowest BCUT2D eigenvalue weighted by molar-refractivity contribution is 0.538. The Morgan fingerprint density at radius 1 is 1.00 bits per heavy atom. The highest BCUT2D eigenvalue weighted by Crippen LogP contribution is 2.31.